The van der Waals surface area contributed by atoms with Gasteiger partial charge < -0.3 is 15.8 Å². The zero-order chi connectivity index (χ0) is 14.7. The van der Waals surface area contributed by atoms with E-state index in [0.717, 1.165) is 44.4 Å². The van der Waals surface area contributed by atoms with Crippen molar-refractivity contribution < 1.29 is 9.53 Å². The van der Waals surface area contributed by atoms with Crippen LogP contribution in [-0.2, 0) is 16.0 Å². The minimum atomic E-state index is 0.105. The molecule has 1 aliphatic carbocycles. The van der Waals surface area contributed by atoms with Crippen molar-refractivity contribution in [2.45, 2.75) is 57.1 Å². The van der Waals surface area contributed by atoms with Crippen LogP contribution in [0.25, 0.3) is 0 Å². The topological polar surface area (TPSA) is 64.3 Å². The van der Waals surface area contributed by atoms with Crippen LogP contribution in [0.15, 0.2) is 18.2 Å². The second-order valence-corrected chi connectivity index (χ2v) is 6.16. The van der Waals surface area contributed by atoms with Crippen LogP contribution in [0.3, 0.4) is 0 Å². The second kappa shape index (κ2) is 6.48. The summed E-state index contributed by atoms with van der Waals surface area (Å²) in [5, 5.41) is 3.18. The van der Waals surface area contributed by atoms with Gasteiger partial charge in [-0.05, 0) is 61.8 Å². The number of nitrogen functional groups attached to an aromatic ring is 1. The number of rotatable bonds is 3. The molecule has 3 rings (SSSR count). The maximum atomic E-state index is 12.2. The molecule has 2 atom stereocenters. The highest BCUT2D eigenvalue weighted by Gasteiger charge is 2.24. The summed E-state index contributed by atoms with van der Waals surface area (Å²) in [6, 6.07) is 6.16. The number of nitrogens with two attached hydrogens (primary N) is 1. The fourth-order valence-corrected chi connectivity index (χ4v) is 3.41. The van der Waals surface area contributed by atoms with Gasteiger partial charge in [0.05, 0.1) is 18.6 Å². The molecule has 1 aromatic rings. The predicted octanol–water partition coefficient (Wildman–Crippen LogP) is 2.72. The van der Waals surface area contributed by atoms with Crippen molar-refractivity contribution in [2.24, 2.45) is 0 Å². The lowest BCUT2D eigenvalue weighted by Crippen LogP contribution is -2.34. The molecule has 0 saturated carbocycles. The Hall–Kier alpha value is -1.55. The Kier molecular flexibility index (Phi) is 4.44. The van der Waals surface area contributed by atoms with Gasteiger partial charge >= 0.3 is 0 Å². The van der Waals surface area contributed by atoms with Crippen LogP contribution in [-0.4, -0.2) is 18.6 Å². The Bertz CT molecular complexity index is 510. The van der Waals surface area contributed by atoms with Crippen LogP contribution in [0.4, 0.5) is 5.69 Å². The number of benzene rings is 1. The zero-order valence-corrected chi connectivity index (χ0v) is 12.4. The first-order valence-corrected chi connectivity index (χ1v) is 8.01. The Balaban J connectivity index is 1.61. The number of nitrogens with one attached hydrogen (secondary N) is 1. The largest absolute Gasteiger partial charge is 0.399 e. The molecule has 1 amide bonds. The van der Waals surface area contributed by atoms with E-state index in [2.05, 4.69) is 11.4 Å². The Labute approximate surface area is 126 Å². The molecule has 0 bridgehead atoms. The minimum absolute atomic E-state index is 0.105. The van der Waals surface area contributed by atoms with Gasteiger partial charge in [0.15, 0.2) is 0 Å². The normalized spacial score (nSPS) is 25.1. The maximum Gasteiger partial charge on any atom is 0.223 e. The Morgan fingerprint density at radius 1 is 1.29 bits per heavy atom. The molecular weight excluding hydrogens is 264 g/mol. The highest BCUT2D eigenvalue weighted by Crippen LogP contribution is 2.31. The van der Waals surface area contributed by atoms with Gasteiger partial charge in [-0.25, -0.2) is 0 Å². The summed E-state index contributed by atoms with van der Waals surface area (Å²) in [7, 11) is 0. The predicted molar refractivity (Wildman–Crippen MR) is 82.9 cm³/mol. The maximum absolute atomic E-state index is 12.2. The van der Waals surface area contributed by atoms with Crippen LogP contribution >= 0.6 is 0 Å². The first-order valence-electron chi connectivity index (χ1n) is 8.01. The molecule has 1 saturated heterocycles. The van der Waals surface area contributed by atoms with Crippen LogP contribution in [0.2, 0.25) is 0 Å². The molecule has 114 valence electrons. The van der Waals surface area contributed by atoms with E-state index in [0.29, 0.717) is 6.42 Å². The number of hydrogen-bond acceptors (Lipinski definition) is 3. The molecule has 1 fully saturated rings. The van der Waals surface area contributed by atoms with Crippen LogP contribution in [0.5, 0.6) is 0 Å². The van der Waals surface area contributed by atoms with E-state index in [1.165, 1.54) is 17.5 Å². The summed E-state index contributed by atoms with van der Waals surface area (Å²) in [5.74, 6) is 0.108. The number of hydrogen-bond donors (Lipinski definition) is 2. The lowest BCUT2D eigenvalue weighted by atomic mass is 9.87. The summed E-state index contributed by atoms with van der Waals surface area (Å²) < 4.78 is 5.65. The van der Waals surface area contributed by atoms with Crippen molar-refractivity contribution in [3.63, 3.8) is 0 Å². The van der Waals surface area contributed by atoms with Crippen molar-refractivity contribution in [3.8, 4) is 0 Å². The fraction of sp³-hybridized carbons (Fsp3) is 0.588. The molecule has 3 N–H and O–H groups in total. The summed E-state index contributed by atoms with van der Waals surface area (Å²) in [6.45, 7) is 0.795. The van der Waals surface area contributed by atoms with Gasteiger partial charge in [0.1, 0.15) is 0 Å². The summed E-state index contributed by atoms with van der Waals surface area (Å²) >= 11 is 0. The molecular formula is C17H24N2O2. The lowest BCUT2D eigenvalue weighted by Gasteiger charge is -2.28. The molecule has 2 aliphatic rings. The van der Waals surface area contributed by atoms with Crippen molar-refractivity contribution in [2.75, 3.05) is 12.3 Å². The van der Waals surface area contributed by atoms with E-state index in [9.17, 15) is 4.79 Å². The number of fused-ring (bicyclic) bond motifs is 1. The number of amides is 1. The van der Waals surface area contributed by atoms with Crippen molar-refractivity contribution in [3.05, 3.63) is 29.3 Å². The fourth-order valence-electron chi connectivity index (χ4n) is 3.41. The molecule has 21 heavy (non-hydrogen) atoms. The van der Waals surface area contributed by atoms with E-state index < -0.39 is 0 Å². The SMILES string of the molecule is Nc1ccc2c(c1)CCCC2NC(=O)CC1CCCCO1. The first kappa shape index (κ1) is 14.4. The van der Waals surface area contributed by atoms with Crippen LogP contribution in [0, 0.1) is 0 Å². The van der Waals surface area contributed by atoms with Gasteiger partial charge in [-0.3, -0.25) is 4.79 Å². The van der Waals surface area contributed by atoms with E-state index >= 15 is 0 Å². The molecule has 1 heterocycles. The number of anilines is 1. The number of aryl methyl sites for hydroxylation is 1. The van der Waals surface area contributed by atoms with Gasteiger partial charge in [-0.2, -0.15) is 0 Å². The number of ether oxygens (including phenoxy) is 1. The summed E-state index contributed by atoms with van der Waals surface area (Å²) in [5.41, 5.74) is 9.16. The third-order valence-corrected chi connectivity index (χ3v) is 4.50. The average molecular weight is 288 g/mol. The van der Waals surface area contributed by atoms with E-state index in [-0.39, 0.29) is 18.1 Å². The van der Waals surface area contributed by atoms with Gasteiger partial charge in [0.25, 0.3) is 0 Å². The quantitative estimate of drug-likeness (QED) is 0.841. The first-order chi connectivity index (χ1) is 10.2. The molecule has 4 heteroatoms. The Morgan fingerprint density at radius 2 is 2.19 bits per heavy atom. The van der Waals surface area contributed by atoms with Gasteiger partial charge in [0, 0.05) is 12.3 Å². The van der Waals surface area contributed by atoms with Gasteiger partial charge in [-0.1, -0.05) is 6.07 Å². The molecule has 0 spiro atoms. The van der Waals surface area contributed by atoms with Crippen molar-refractivity contribution >= 4 is 11.6 Å². The lowest BCUT2D eigenvalue weighted by molar-refractivity contribution is -0.125. The summed E-state index contributed by atoms with van der Waals surface area (Å²) in [6.07, 6.45) is 7.05. The number of carbonyl (C=O) groups excluding carboxylic acids is 1. The van der Waals surface area contributed by atoms with Crippen molar-refractivity contribution in [1.82, 2.24) is 5.32 Å². The Morgan fingerprint density at radius 3 is 3.00 bits per heavy atom. The minimum Gasteiger partial charge on any atom is -0.399 e. The summed E-state index contributed by atoms with van der Waals surface area (Å²) in [4.78, 5) is 12.2. The molecule has 2 unspecified atom stereocenters. The molecule has 1 aromatic carbocycles. The number of carbonyl (C=O) groups is 1. The van der Waals surface area contributed by atoms with Crippen LogP contribution in [0.1, 0.15) is 55.7 Å². The smallest absolute Gasteiger partial charge is 0.223 e. The molecule has 0 radical (unpaired) electrons. The van der Waals surface area contributed by atoms with Crippen LogP contribution < -0.4 is 11.1 Å². The second-order valence-electron chi connectivity index (χ2n) is 6.16. The highest BCUT2D eigenvalue weighted by molar-refractivity contribution is 5.77. The third-order valence-electron chi connectivity index (χ3n) is 4.50. The monoisotopic (exact) mass is 288 g/mol. The molecule has 0 aromatic heterocycles. The average Bonchev–Trinajstić information content (AvgIpc) is 2.48. The molecule has 4 nitrogen and oxygen atoms in total. The van der Waals surface area contributed by atoms with E-state index in [1.807, 2.05) is 12.1 Å². The van der Waals surface area contributed by atoms with Gasteiger partial charge in [-0.15, -0.1) is 0 Å². The third kappa shape index (κ3) is 3.56. The van der Waals surface area contributed by atoms with E-state index in [4.69, 9.17) is 10.5 Å². The molecule has 1 aliphatic heterocycles. The standard InChI is InChI=1S/C17H24N2O2/c18-13-7-8-15-12(10-13)4-3-6-16(15)19-17(20)11-14-5-1-2-9-21-14/h7-8,10,14,16H,1-6,9,11,18H2,(H,19,20). The van der Waals surface area contributed by atoms with Crippen molar-refractivity contribution in [1.29, 1.82) is 0 Å². The van der Waals surface area contributed by atoms with E-state index in [1.54, 1.807) is 0 Å². The zero-order valence-electron chi connectivity index (χ0n) is 12.4. The highest BCUT2D eigenvalue weighted by atomic mass is 16.5. The van der Waals surface area contributed by atoms with Gasteiger partial charge in [0.2, 0.25) is 5.91 Å².